The zero-order valence-corrected chi connectivity index (χ0v) is 23.1. The quantitative estimate of drug-likeness (QED) is 0.193. The summed E-state index contributed by atoms with van der Waals surface area (Å²) in [6, 6.07) is 11.6. The Balaban J connectivity index is 1.40. The summed E-state index contributed by atoms with van der Waals surface area (Å²) < 4.78 is 36.2. The second-order valence-corrected chi connectivity index (χ2v) is 10.9. The molecule has 1 fully saturated rings. The van der Waals surface area contributed by atoms with Crippen molar-refractivity contribution in [2.45, 2.75) is 38.8 Å². The number of halogens is 2. The van der Waals surface area contributed by atoms with Crippen molar-refractivity contribution in [3.63, 3.8) is 0 Å². The summed E-state index contributed by atoms with van der Waals surface area (Å²) in [5, 5.41) is 14.0. The number of hydrogen-bond donors (Lipinski definition) is 3. The first-order chi connectivity index (χ1) is 19.7. The average molecular weight is 573 g/mol. The van der Waals surface area contributed by atoms with Gasteiger partial charge in [-0.1, -0.05) is 12.1 Å². The highest BCUT2D eigenvalue weighted by atomic mass is 32.1. The molecule has 0 aliphatic heterocycles. The molecule has 0 radical (unpaired) electrons. The van der Waals surface area contributed by atoms with Crippen LogP contribution in [0.2, 0.25) is 0 Å². The van der Waals surface area contributed by atoms with Crippen LogP contribution in [0.25, 0.3) is 16.0 Å². The number of fused-ring (bicyclic) bond motifs is 1. The van der Waals surface area contributed by atoms with Gasteiger partial charge in [-0.05, 0) is 74.2 Å². The minimum Gasteiger partial charge on any atom is -0.487 e. The molecule has 0 amide bonds. The molecule has 11 heteroatoms. The highest BCUT2D eigenvalue weighted by Gasteiger charge is 2.26. The molecule has 0 spiro atoms. The fourth-order valence-electron chi connectivity index (χ4n) is 4.80. The minimum absolute atomic E-state index is 0.0351. The van der Waals surface area contributed by atoms with E-state index in [-0.39, 0.29) is 45.9 Å². The number of nitrogens with zero attached hydrogens (tertiary/aromatic N) is 3. The number of nitrogens with one attached hydrogen (secondary N) is 2. The maximum absolute atomic E-state index is 14.8. The fraction of sp³-hybridized carbons (Fsp3) is 0.200. The van der Waals surface area contributed by atoms with Gasteiger partial charge in [0.15, 0.2) is 11.6 Å². The molecule has 6 rings (SSSR count). The lowest BCUT2D eigenvalue weighted by molar-refractivity contribution is 0.287. The van der Waals surface area contributed by atoms with Crippen LogP contribution < -0.4 is 21.3 Å². The van der Waals surface area contributed by atoms with Gasteiger partial charge in [-0.3, -0.25) is 14.6 Å². The van der Waals surface area contributed by atoms with E-state index in [1.54, 1.807) is 22.6 Å². The molecule has 1 atom stereocenters. The van der Waals surface area contributed by atoms with Crippen LogP contribution in [0.15, 0.2) is 65.0 Å². The lowest BCUT2D eigenvalue weighted by atomic mass is 9.96. The maximum Gasteiger partial charge on any atom is 0.264 e. The van der Waals surface area contributed by atoms with Crippen LogP contribution in [0.4, 0.5) is 20.4 Å². The monoisotopic (exact) mass is 572 g/mol. The van der Waals surface area contributed by atoms with Gasteiger partial charge in [0.2, 0.25) is 0 Å². The zero-order valence-electron chi connectivity index (χ0n) is 22.2. The zero-order chi connectivity index (χ0) is 28.8. The smallest absolute Gasteiger partial charge is 0.264 e. The van der Waals surface area contributed by atoms with Gasteiger partial charge in [-0.15, -0.1) is 11.3 Å². The fourth-order valence-corrected chi connectivity index (χ4v) is 5.72. The summed E-state index contributed by atoms with van der Waals surface area (Å²) in [6.45, 7) is 3.68. The normalized spacial score (nSPS) is 13.8. The van der Waals surface area contributed by atoms with Gasteiger partial charge >= 0.3 is 0 Å². The lowest BCUT2D eigenvalue weighted by Crippen LogP contribution is -2.22. The third-order valence-corrected chi connectivity index (χ3v) is 8.01. The molecule has 1 aliphatic rings. The standard InChI is InChI=1S/C30H26F2N6O2S/c1-15-13-41-24-12-21(25(30(39)38(15)24)17-4-3-5-19(31)10-17)16(2)37-29-26(28(34)35-14-36-29)27(33)18-6-9-23(22(32)11-18)40-20-7-8-20/h3-6,9-14,16,20,33H,7-8H2,1-2H3,(H3,34,35,36,37)/t16-/m0/s1. The summed E-state index contributed by atoms with van der Waals surface area (Å²) in [5.41, 5.74) is 8.50. The summed E-state index contributed by atoms with van der Waals surface area (Å²) >= 11 is 1.43. The highest BCUT2D eigenvalue weighted by Crippen LogP contribution is 2.33. The Morgan fingerprint density at radius 1 is 1.20 bits per heavy atom. The topological polar surface area (TPSA) is 118 Å². The van der Waals surface area contributed by atoms with E-state index in [1.165, 1.54) is 41.9 Å². The van der Waals surface area contributed by atoms with Crippen LogP contribution in [0, 0.1) is 24.0 Å². The predicted molar refractivity (Wildman–Crippen MR) is 156 cm³/mol. The Labute approximate surface area is 238 Å². The van der Waals surface area contributed by atoms with Crippen molar-refractivity contribution < 1.29 is 13.5 Å². The molecule has 4 N–H and O–H groups in total. The third-order valence-electron chi connectivity index (χ3n) is 7.01. The van der Waals surface area contributed by atoms with E-state index in [2.05, 4.69) is 15.3 Å². The molecule has 5 aromatic rings. The molecule has 2 aromatic carbocycles. The summed E-state index contributed by atoms with van der Waals surface area (Å²) in [4.78, 5) is 22.9. The number of pyridine rings is 1. The van der Waals surface area contributed by atoms with E-state index in [0.29, 0.717) is 16.7 Å². The first kappa shape index (κ1) is 26.6. The van der Waals surface area contributed by atoms with E-state index < -0.39 is 17.7 Å². The Kier molecular flexibility index (Phi) is 6.74. The van der Waals surface area contributed by atoms with Crippen LogP contribution in [-0.4, -0.2) is 26.2 Å². The Hall–Kier alpha value is -4.64. The van der Waals surface area contributed by atoms with Crippen molar-refractivity contribution >= 4 is 33.5 Å². The van der Waals surface area contributed by atoms with Gasteiger partial charge in [0, 0.05) is 16.6 Å². The van der Waals surface area contributed by atoms with Gasteiger partial charge in [0.05, 0.1) is 29.0 Å². The number of rotatable bonds is 8. The number of hydrogen-bond acceptors (Lipinski definition) is 8. The van der Waals surface area contributed by atoms with E-state index in [4.69, 9.17) is 15.9 Å². The number of nitrogen functional groups attached to an aromatic ring is 1. The molecular weight excluding hydrogens is 546 g/mol. The average Bonchev–Trinajstić information content (AvgIpc) is 3.68. The van der Waals surface area contributed by atoms with E-state index in [9.17, 15) is 13.6 Å². The van der Waals surface area contributed by atoms with Crippen LogP contribution >= 0.6 is 11.3 Å². The number of ether oxygens (including phenoxy) is 1. The molecule has 41 heavy (non-hydrogen) atoms. The molecule has 3 heterocycles. The summed E-state index contributed by atoms with van der Waals surface area (Å²) in [6.07, 6.45) is 3.10. The van der Waals surface area contributed by atoms with Gasteiger partial charge < -0.3 is 15.8 Å². The van der Waals surface area contributed by atoms with Crippen LogP contribution in [0.1, 0.15) is 48.2 Å². The molecule has 8 nitrogen and oxygen atoms in total. The minimum atomic E-state index is -0.572. The second-order valence-electron chi connectivity index (χ2n) is 10.0. The molecule has 1 aliphatic carbocycles. The highest BCUT2D eigenvalue weighted by molar-refractivity contribution is 7.15. The first-order valence-electron chi connectivity index (χ1n) is 13.0. The van der Waals surface area contributed by atoms with Gasteiger partial charge in [0.25, 0.3) is 5.56 Å². The predicted octanol–water partition coefficient (Wildman–Crippen LogP) is 6.12. The third kappa shape index (κ3) is 5.04. The Morgan fingerprint density at radius 2 is 2.00 bits per heavy atom. The molecule has 3 aromatic heterocycles. The van der Waals surface area contributed by atoms with Crippen molar-refractivity contribution in [2.24, 2.45) is 0 Å². The van der Waals surface area contributed by atoms with Crippen molar-refractivity contribution in [3.8, 4) is 16.9 Å². The summed E-state index contributed by atoms with van der Waals surface area (Å²) in [5.74, 6) is -0.615. The molecule has 208 valence electrons. The number of nitrogens with two attached hydrogens (primary N) is 1. The number of aryl methyl sites for hydroxylation is 1. The van der Waals surface area contributed by atoms with Crippen molar-refractivity contribution in [3.05, 3.63) is 105 Å². The molecular formula is C30H26F2N6O2S. The van der Waals surface area contributed by atoms with Gasteiger partial charge in [0.1, 0.15) is 28.6 Å². The molecule has 0 unspecified atom stereocenters. The Morgan fingerprint density at radius 3 is 2.73 bits per heavy atom. The van der Waals surface area contributed by atoms with E-state index >= 15 is 0 Å². The van der Waals surface area contributed by atoms with Gasteiger partial charge in [-0.2, -0.15) is 0 Å². The van der Waals surface area contributed by atoms with E-state index in [0.717, 1.165) is 23.4 Å². The number of anilines is 2. The lowest BCUT2D eigenvalue weighted by Gasteiger charge is -2.21. The largest absolute Gasteiger partial charge is 0.487 e. The van der Waals surface area contributed by atoms with Crippen LogP contribution in [0.5, 0.6) is 5.75 Å². The van der Waals surface area contributed by atoms with Crippen molar-refractivity contribution in [2.75, 3.05) is 11.1 Å². The SMILES string of the molecule is Cc1csc2cc([C@H](C)Nc3ncnc(N)c3C(=N)c3ccc(OC4CC4)c(F)c3)c(-c3cccc(F)c3)c(=O)n12. The van der Waals surface area contributed by atoms with Crippen LogP contribution in [-0.2, 0) is 0 Å². The van der Waals surface area contributed by atoms with Crippen molar-refractivity contribution in [1.29, 1.82) is 5.41 Å². The first-order valence-corrected chi connectivity index (χ1v) is 13.9. The molecule has 0 bridgehead atoms. The maximum atomic E-state index is 14.8. The van der Waals surface area contributed by atoms with Gasteiger partial charge in [-0.25, -0.2) is 18.7 Å². The van der Waals surface area contributed by atoms with Crippen LogP contribution in [0.3, 0.4) is 0 Å². The van der Waals surface area contributed by atoms with E-state index in [1.807, 2.05) is 25.3 Å². The molecule has 0 saturated heterocycles. The Bertz CT molecular complexity index is 1880. The summed E-state index contributed by atoms with van der Waals surface area (Å²) in [7, 11) is 0. The number of thiazole rings is 1. The second kappa shape index (κ2) is 10.4. The number of aromatic nitrogens is 3. The van der Waals surface area contributed by atoms with Crippen molar-refractivity contribution in [1.82, 2.24) is 14.4 Å². The molecule has 1 saturated carbocycles. The number of benzene rings is 2.